The second-order valence-corrected chi connectivity index (χ2v) is 9.24. The first kappa shape index (κ1) is 22.6. The molecule has 0 spiro atoms. The summed E-state index contributed by atoms with van der Waals surface area (Å²) in [6, 6.07) is 9.07. The fourth-order valence-electron chi connectivity index (χ4n) is 5.12. The molecule has 2 aliphatic heterocycles. The van der Waals surface area contributed by atoms with Crippen molar-refractivity contribution >= 4 is 34.1 Å². The fourth-order valence-corrected chi connectivity index (χ4v) is 5.12. The lowest BCUT2D eigenvalue weighted by Gasteiger charge is -2.26. The van der Waals surface area contributed by atoms with Gasteiger partial charge < -0.3 is 20.2 Å². The van der Waals surface area contributed by atoms with E-state index in [-0.39, 0.29) is 31.1 Å². The van der Waals surface area contributed by atoms with Crippen LogP contribution < -0.4 is 10.2 Å². The SMILES string of the molecule is O=C(Nc1cccc2nn3ccc(N4C[C@@H](F)C[C@@H]4c4cc(F)ccc4F)nc3c12)N1CC[C@H](O)C1. The molecule has 2 fully saturated rings. The molecule has 0 saturated carbocycles. The largest absolute Gasteiger partial charge is 0.391 e. The van der Waals surface area contributed by atoms with E-state index in [0.29, 0.717) is 41.0 Å². The molecule has 11 heteroatoms. The number of likely N-dealkylation sites (tertiary alicyclic amines) is 1. The third-order valence-electron chi connectivity index (χ3n) is 6.84. The van der Waals surface area contributed by atoms with Crippen LogP contribution in [0.2, 0.25) is 0 Å². The minimum atomic E-state index is -1.23. The van der Waals surface area contributed by atoms with Gasteiger partial charge in [0.2, 0.25) is 0 Å². The Bertz CT molecular complexity index is 1480. The number of fused-ring (bicyclic) bond motifs is 3. The van der Waals surface area contributed by atoms with Crippen molar-refractivity contribution in [3.05, 3.63) is 65.9 Å². The lowest BCUT2D eigenvalue weighted by molar-refractivity contribution is 0.176. The smallest absolute Gasteiger partial charge is 0.321 e. The summed E-state index contributed by atoms with van der Waals surface area (Å²) in [6.45, 7) is 0.699. The highest BCUT2D eigenvalue weighted by Crippen LogP contribution is 2.39. The van der Waals surface area contributed by atoms with Gasteiger partial charge in [0.15, 0.2) is 5.65 Å². The Morgan fingerprint density at radius 3 is 2.81 bits per heavy atom. The molecule has 2 aromatic carbocycles. The number of rotatable bonds is 3. The summed E-state index contributed by atoms with van der Waals surface area (Å²) in [5.41, 5.74) is 1.60. The molecule has 0 unspecified atom stereocenters. The van der Waals surface area contributed by atoms with Gasteiger partial charge >= 0.3 is 6.03 Å². The first-order valence-electron chi connectivity index (χ1n) is 11.7. The van der Waals surface area contributed by atoms with Gasteiger partial charge in [0, 0.05) is 31.3 Å². The zero-order valence-corrected chi connectivity index (χ0v) is 19.1. The number of carbonyl (C=O) groups excluding carboxylic acids is 1. The molecule has 36 heavy (non-hydrogen) atoms. The highest BCUT2D eigenvalue weighted by Gasteiger charge is 2.36. The Morgan fingerprint density at radius 2 is 2.00 bits per heavy atom. The van der Waals surface area contributed by atoms with E-state index >= 15 is 0 Å². The maximum Gasteiger partial charge on any atom is 0.321 e. The molecular weight excluding hydrogens is 473 g/mol. The minimum Gasteiger partial charge on any atom is -0.391 e. The first-order chi connectivity index (χ1) is 17.4. The molecule has 6 rings (SSSR count). The van der Waals surface area contributed by atoms with Gasteiger partial charge in [-0.25, -0.2) is 27.5 Å². The Kier molecular flexibility index (Phi) is 5.44. The number of alkyl halides is 1. The van der Waals surface area contributed by atoms with Gasteiger partial charge in [0.25, 0.3) is 0 Å². The molecule has 4 heterocycles. The van der Waals surface area contributed by atoms with Gasteiger partial charge in [-0.3, -0.25) is 0 Å². The third-order valence-corrected chi connectivity index (χ3v) is 6.84. The molecule has 0 aliphatic carbocycles. The van der Waals surface area contributed by atoms with Gasteiger partial charge in [-0.15, -0.1) is 0 Å². The summed E-state index contributed by atoms with van der Waals surface area (Å²) in [6.07, 6.45) is 0.435. The van der Waals surface area contributed by atoms with Crippen molar-refractivity contribution in [3.8, 4) is 0 Å². The number of anilines is 2. The van der Waals surface area contributed by atoms with E-state index in [1.165, 1.54) is 4.90 Å². The van der Waals surface area contributed by atoms with Gasteiger partial charge in [-0.05, 0) is 42.8 Å². The van der Waals surface area contributed by atoms with Crippen LogP contribution in [0.4, 0.5) is 29.5 Å². The van der Waals surface area contributed by atoms with Gasteiger partial charge in [0.1, 0.15) is 23.6 Å². The summed E-state index contributed by atoms with van der Waals surface area (Å²) in [4.78, 5) is 20.7. The van der Waals surface area contributed by atoms with E-state index in [1.54, 1.807) is 39.9 Å². The first-order valence-corrected chi connectivity index (χ1v) is 11.7. The molecule has 0 bridgehead atoms. The second-order valence-electron chi connectivity index (χ2n) is 9.24. The van der Waals surface area contributed by atoms with Crippen molar-refractivity contribution in [1.82, 2.24) is 19.5 Å². The van der Waals surface area contributed by atoms with Crippen LogP contribution >= 0.6 is 0 Å². The van der Waals surface area contributed by atoms with Crippen molar-refractivity contribution in [2.75, 3.05) is 29.9 Å². The highest BCUT2D eigenvalue weighted by molar-refractivity contribution is 6.07. The van der Waals surface area contributed by atoms with Crippen molar-refractivity contribution < 1.29 is 23.1 Å². The predicted molar refractivity (Wildman–Crippen MR) is 128 cm³/mol. The van der Waals surface area contributed by atoms with Crippen LogP contribution in [0, 0.1) is 11.6 Å². The lowest BCUT2D eigenvalue weighted by atomic mass is 10.0. The lowest BCUT2D eigenvalue weighted by Crippen LogP contribution is -2.33. The molecule has 2 saturated heterocycles. The Morgan fingerprint density at radius 1 is 1.14 bits per heavy atom. The maximum atomic E-state index is 14.6. The predicted octanol–water partition coefficient (Wildman–Crippen LogP) is 4.05. The number of nitrogens with zero attached hydrogens (tertiary/aromatic N) is 5. The van der Waals surface area contributed by atoms with Crippen molar-refractivity contribution in [1.29, 1.82) is 0 Å². The number of benzene rings is 2. The number of amides is 2. The van der Waals surface area contributed by atoms with Crippen LogP contribution in [0.15, 0.2) is 48.7 Å². The van der Waals surface area contributed by atoms with Crippen molar-refractivity contribution in [3.63, 3.8) is 0 Å². The topological polar surface area (TPSA) is 86.0 Å². The molecule has 186 valence electrons. The zero-order valence-electron chi connectivity index (χ0n) is 19.1. The van der Waals surface area contributed by atoms with Gasteiger partial charge in [0.05, 0.1) is 35.3 Å². The average molecular weight is 496 g/mol. The fraction of sp³-hybridized carbons (Fsp3) is 0.320. The molecule has 2 amide bonds. The van der Waals surface area contributed by atoms with E-state index < -0.39 is 30.0 Å². The molecule has 8 nitrogen and oxygen atoms in total. The van der Waals surface area contributed by atoms with Crippen LogP contribution in [0.3, 0.4) is 0 Å². The van der Waals surface area contributed by atoms with Gasteiger partial charge in [-0.1, -0.05) is 6.07 Å². The molecule has 0 radical (unpaired) electrons. The van der Waals surface area contributed by atoms with Crippen LogP contribution in [0.25, 0.3) is 16.6 Å². The van der Waals surface area contributed by atoms with Crippen molar-refractivity contribution in [2.24, 2.45) is 0 Å². The molecule has 2 aliphatic rings. The van der Waals surface area contributed by atoms with Crippen LogP contribution in [0.5, 0.6) is 0 Å². The van der Waals surface area contributed by atoms with Crippen molar-refractivity contribution in [2.45, 2.75) is 31.2 Å². The molecule has 4 aromatic rings. The van der Waals surface area contributed by atoms with Crippen LogP contribution in [-0.2, 0) is 0 Å². The second kappa shape index (κ2) is 8.66. The number of aliphatic hydroxyl groups excluding tert-OH is 1. The normalized spacial score (nSPS) is 22.2. The highest BCUT2D eigenvalue weighted by atomic mass is 19.1. The number of nitrogens with one attached hydrogen (secondary N) is 1. The van der Waals surface area contributed by atoms with Gasteiger partial charge in [-0.2, -0.15) is 5.10 Å². The quantitative estimate of drug-likeness (QED) is 0.447. The van der Waals surface area contributed by atoms with E-state index in [4.69, 9.17) is 4.98 Å². The number of carbonyl (C=O) groups is 1. The Balaban J connectivity index is 1.40. The zero-order chi connectivity index (χ0) is 25.0. The summed E-state index contributed by atoms with van der Waals surface area (Å²) in [5, 5.41) is 17.8. The summed E-state index contributed by atoms with van der Waals surface area (Å²) < 4.78 is 44.6. The molecule has 3 atom stereocenters. The van der Waals surface area contributed by atoms with E-state index in [1.807, 2.05) is 0 Å². The molecular formula is C25H23F3N6O2. The monoisotopic (exact) mass is 496 g/mol. The Hall–Kier alpha value is -3.86. The number of urea groups is 1. The van der Waals surface area contributed by atoms with Crippen LogP contribution in [-0.4, -0.2) is 62.5 Å². The molecule has 2 aromatic heterocycles. The Labute approximate surface area is 203 Å². The summed E-state index contributed by atoms with van der Waals surface area (Å²) >= 11 is 0. The number of aromatic nitrogens is 3. The summed E-state index contributed by atoms with van der Waals surface area (Å²) in [5.74, 6) is -0.805. The summed E-state index contributed by atoms with van der Waals surface area (Å²) in [7, 11) is 0. The minimum absolute atomic E-state index is 0.0102. The number of β-amino-alcohol motifs (C(OH)–C–C–N with tert-alkyl or cyclic N) is 1. The number of halogens is 3. The van der Waals surface area contributed by atoms with E-state index in [9.17, 15) is 23.1 Å². The average Bonchev–Trinajstić information content (AvgIpc) is 3.56. The number of aliphatic hydroxyl groups is 1. The van der Waals surface area contributed by atoms with E-state index in [2.05, 4.69) is 10.4 Å². The third kappa shape index (κ3) is 3.89. The maximum absolute atomic E-state index is 14.6. The standard InChI is InChI=1S/C25H23F3N6O2/c26-14-4-5-18(28)17(10-14)21-11-15(27)12-33(21)22-7-9-34-24(30-22)23-19(2-1-3-20(23)31-34)29-25(36)32-8-6-16(35)13-32/h1-5,7,9-10,15-16,21,35H,6,8,11-13H2,(H,29,36)/t15-,16-,21+/m0/s1. The molecule has 2 N–H and O–H groups in total. The van der Waals surface area contributed by atoms with E-state index in [0.717, 1.165) is 18.2 Å². The number of hydrogen-bond donors (Lipinski definition) is 2. The van der Waals surface area contributed by atoms with Crippen LogP contribution in [0.1, 0.15) is 24.4 Å². The number of hydrogen-bond acceptors (Lipinski definition) is 5.